The molecule has 7 nitrogen and oxygen atoms in total. The van der Waals surface area contributed by atoms with Gasteiger partial charge in [0.15, 0.2) is 0 Å². The molecule has 0 saturated heterocycles. The minimum atomic E-state index is -1.32. The monoisotopic (exact) mass is 426 g/mol. The number of aromatic nitrogens is 1. The molecule has 3 rings (SSSR count). The number of nitrogens with one attached hydrogen (secondary N) is 3. The Morgan fingerprint density at radius 2 is 1.67 bits per heavy atom. The fraction of sp³-hybridized carbons (Fsp3) is 0.182. The maximum Gasteiger partial charge on any atom is 0.315 e. The predicted octanol–water partition coefficient (Wildman–Crippen LogP) is 2.43. The highest BCUT2D eigenvalue weighted by Crippen LogP contribution is 2.25. The van der Waals surface area contributed by atoms with Gasteiger partial charge in [-0.1, -0.05) is 54.6 Å². The molecular weight excluding hydrogens is 400 g/mol. The second-order valence-electron chi connectivity index (χ2n) is 6.35. The Bertz CT molecular complexity index is 939. The fourth-order valence-corrected chi connectivity index (χ4v) is 3.84. The van der Waals surface area contributed by atoms with Crippen molar-refractivity contribution in [2.45, 2.75) is 17.9 Å². The molecule has 0 aliphatic heterocycles. The second kappa shape index (κ2) is 12.5. The van der Waals surface area contributed by atoms with Gasteiger partial charge in [-0.05, 0) is 35.2 Å². The Morgan fingerprint density at radius 3 is 2.43 bits per heavy atom. The van der Waals surface area contributed by atoms with Gasteiger partial charge in [0.05, 0.1) is 4.90 Å². The molecule has 1 atom stereocenters. The number of carbonyl (C=O) groups excluding carboxylic acids is 1. The van der Waals surface area contributed by atoms with Crippen molar-refractivity contribution in [3.8, 4) is 11.1 Å². The van der Waals surface area contributed by atoms with Crippen LogP contribution in [0.2, 0.25) is 0 Å². The molecule has 2 amide bonds. The normalized spacial score (nSPS) is 11.2. The van der Waals surface area contributed by atoms with Gasteiger partial charge in [-0.2, -0.15) is 0 Å². The molecule has 0 aliphatic rings. The van der Waals surface area contributed by atoms with Gasteiger partial charge in [0.25, 0.3) is 0 Å². The standard InChI is InChI=1S/C22H24N4O2S.H2O/c27-22(25-17-18-8-6-13-23-16-18)24-14-7-15-26-29(28)21-12-5-4-11-20(21)19-9-2-1-3-10-19;/h1-6,8-13,16,26H,7,14-15,17H2,(H2,24,25,27);1H2. The third kappa shape index (κ3) is 7.07. The van der Waals surface area contributed by atoms with Crippen LogP contribution in [-0.2, 0) is 17.5 Å². The Kier molecular flexibility index (Phi) is 9.66. The summed E-state index contributed by atoms with van der Waals surface area (Å²) >= 11 is 0. The number of benzene rings is 2. The lowest BCUT2D eigenvalue weighted by atomic mass is 10.1. The van der Waals surface area contributed by atoms with E-state index in [-0.39, 0.29) is 11.5 Å². The lowest BCUT2D eigenvalue weighted by Crippen LogP contribution is -2.36. The minimum absolute atomic E-state index is 0. The number of hydrogen-bond acceptors (Lipinski definition) is 3. The van der Waals surface area contributed by atoms with E-state index in [1.807, 2.05) is 66.7 Å². The maximum atomic E-state index is 12.7. The van der Waals surface area contributed by atoms with Crippen molar-refractivity contribution in [2.24, 2.45) is 0 Å². The van der Waals surface area contributed by atoms with E-state index in [2.05, 4.69) is 20.3 Å². The van der Waals surface area contributed by atoms with Gasteiger partial charge in [-0.3, -0.25) is 4.98 Å². The quantitative estimate of drug-likeness (QED) is 0.457. The molecule has 0 fully saturated rings. The number of urea groups is 1. The summed E-state index contributed by atoms with van der Waals surface area (Å²) in [6.07, 6.45) is 4.07. The summed E-state index contributed by atoms with van der Waals surface area (Å²) in [6.45, 7) is 1.44. The van der Waals surface area contributed by atoms with Gasteiger partial charge in [-0.25, -0.2) is 13.7 Å². The molecule has 0 bridgehead atoms. The average molecular weight is 427 g/mol. The van der Waals surface area contributed by atoms with Crippen LogP contribution in [0.25, 0.3) is 11.1 Å². The molecule has 1 aromatic heterocycles. The van der Waals surface area contributed by atoms with Gasteiger partial charge in [-0.15, -0.1) is 0 Å². The molecule has 0 spiro atoms. The summed E-state index contributed by atoms with van der Waals surface area (Å²) in [5.74, 6) is 0. The fourth-order valence-electron chi connectivity index (χ4n) is 2.76. The van der Waals surface area contributed by atoms with Crippen LogP contribution in [0.3, 0.4) is 0 Å². The summed E-state index contributed by atoms with van der Waals surface area (Å²) in [7, 11) is -1.32. The third-order valence-electron chi connectivity index (χ3n) is 4.22. The van der Waals surface area contributed by atoms with Crippen molar-refractivity contribution in [3.63, 3.8) is 0 Å². The smallest absolute Gasteiger partial charge is 0.315 e. The van der Waals surface area contributed by atoms with E-state index in [4.69, 9.17) is 0 Å². The molecule has 1 heterocycles. The molecular formula is C22H26N4O3S. The van der Waals surface area contributed by atoms with Crippen molar-refractivity contribution in [1.29, 1.82) is 0 Å². The van der Waals surface area contributed by atoms with E-state index in [1.54, 1.807) is 12.4 Å². The van der Waals surface area contributed by atoms with Crippen LogP contribution in [0.4, 0.5) is 4.79 Å². The maximum absolute atomic E-state index is 12.7. The molecule has 3 aromatic rings. The number of hydrogen-bond donors (Lipinski definition) is 3. The topological polar surface area (TPSA) is 115 Å². The van der Waals surface area contributed by atoms with Gasteiger partial charge >= 0.3 is 6.03 Å². The van der Waals surface area contributed by atoms with E-state index in [0.717, 1.165) is 21.6 Å². The van der Waals surface area contributed by atoms with E-state index in [0.29, 0.717) is 26.1 Å². The second-order valence-corrected chi connectivity index (χ2v) is 7.62. The molecule has 158 valence electrons. The average Bonchev–Trinajstić information content (AvgIpc) is 2.78. The van der Waals surface area contributed by atoms with Crippen LogP contribution in [0, 0.1) is 0 Å². The highest BCUT2D eigenvalue weighted by Gasteiger charge is 2.10. The number of nitrogens with zero attached hydrogens (tertiary/aromatic N) is 1. The molecule has 5 N–H and O–H groups in total. The highest BCUT2D eigenvalue weighted by atomic mass is 32.2. The van der Waals surface area contributed by atoms with Crippen LogP contribution in [-0.4, -0.2) is 33.8 Å². The molecule has 8 heteroatoms. The van der Waals surface area contributed by atoms with Crippen LogP contribution in [0.15, 0.2) is 84.0 Å². The number of pyridine rings is 1. The molecule has 30 heavy (non-hydrogen) atoms. The first-order valence-corrected chi connectivity index (χ1v) is 10.6. The molecule has 0 aliphatic carbocycles. The Labute approximate surface area is 178 Å². The van der Waals surface area contributed by atoms with Gasteiger partial charge in [0.2, 0.25) is 0 Å². The Morgan fingerprint density at radius 1 is 0.900 bits per heavy atom. The van der Waals surface area contributed by atoms with Crippen LogP contribution in [0.1, 0.15) is 12.0 Å². The Hall–Kier alpha value is -3.07. The van der Waals surface area contributed by atoms with Crippen molar-refractivity contribution < 1.29 is 14.5 Å². The highest BCUT2D eigenvalue weighted by molar-refractivity contribution is 7.83. The zero-order chi connectivity index (χ0) is 20.3. The SMILES string of the molecule is O.O=C(NCCCNS(=O)c1ccccc1-c1ccccc1)NCc1cccnc1. The Balaban J connectivity index is 0.00000320. The lowest BCUT2D eigenvalue weighted by Gasteiger charge is -2.11. The third-order valence-corrected chi connectivity index (χ3v) is 5.44. The number of amides is 2. The summed E-state index contributed by atoms with van der Waals surface area (Å²) in [5.41, 5.74) is 2.92. The molecule has 0 radical (unpaired) electrons. The van der Waals surface area contributed by atoms with Crippen LogP contribution < -0.4 is 15.4 Å². The van der Waals surface area contributed by atoms with Gasteiger partial charge in [0, 0.05) is 32.0 Å². The molecule has 1 unspecified atom stereocenters. The largest absolute Gasteiger partial charge is 0.412 e. The number of carbonyl (C=O) groups is 1. The van der Waals surface area contributed by atoms with E-state index in [9.17, 15) is 9.00 Å². The van der Waals surface area contributed by atoms with Crippen LogP contribution in [0.5, 0.6) is 0 Å². The van der Waals surface area contributed by atoms with E-state index >= 15 is 0 Å². The summed E-state index contributed by atoms with van der Waals surface area (Å²) in [4.78, 5) is 16.6. The van der Waals surface area contributed by atoms with E-state index < -0.39 is 11.0 Å². The van der Waals surface area contributed by atoms with Crippen molar-refractivity contribution in [2.75, 3.05) is 13.1 Å². The molecule has 0 saturated carbocycles. The summed E-state index contributed by atoms with van der Waals surface area (Å²) < 4.78 is 15.7. The first-order valence-electron chi connectivity index (χ1n) is 9.44. The predicted molar refractivity (Wildman–Crippen MR) is 119 cm³/mol. The molecule has 2 aromatic carbocycles. The summed E-state index contributed by atoms with van der Waals surface area (Å²) in [5, 5.41) is 5.57. The lowest BCUT2D eigenvalue weighted by molar-refractivity contribution is 0.240. The first-order chi connectivity index (χ1) is 14.2. The van der Waals surface area contributed by atoms with Crippen molar-refractivity contribution in [1.82, 2.24) is 20.3 Å². The zero-order valence-electron chi connectivity index (χ0n) is 16.5. The minimum Gasteiger partial charge on any atom is -0.412 e. The van der Waals surface area contributed by atoms with E-state index in [1.165, 1.54) is 0 Å². The van der Waals surface area contributed by atoms with Gasteiger partial charge < -0.3 is 16.1 Å². The van der Waals surface area contributed by atoms with Crippen LogP contribution >= 0.6 is 0 Å². The number of rotatable bonds is 9. The zero-order valence-corrected chi connectivity index (χ0v) is 17.3. The summed E-state index contributed by atoms with van der Waals surface area (Å²) in [6, 6.07) is 21.1. The van der Waals surface area contributed by atoms with Crippen molar-refractivity contribution in [3.05, 3.63) is 84.7 Å². The van der Waals surface area contributed by atoms with Crippen molar-refractivity contribution >= 4 is 17.0 Å². The first kappa shape index (κ1) is 23.2. The van der Waals surface area contributed by atoms with Gasteiger partial charge in [0.1, 0.15) is 11.0 Å².